The molecular formula is C14H17N3O3S. The first-order valence-electron chi connectivity index (χ1n) is 6.38. The van der Waals surface area contributed by atoms with Gasteiger partial charge in [0.05, 0.1) is 30.1 Å². The molecule has 112 valence electrons. The van der Waals surface area contributed by atoms with E-state index in [9.17, 15) is 8.42 Å². The van der Waals surface area contributed by atoms with Crippen LogP contribution in [0.3, 0.4) is 0 Å². The summed E-state index contributed by atoms with van der Waals surface area (Å²) < 4.78 is 31.2. The van der Waals surface area contributed by atoms with Gasteiger partial charge in [-0.3, -0.25) is 0 Å². The van der Waals surface area contributed by atoms with E-state index in [2.05, 4.69) is 0 Å². The summed E-state index contributed by atoms with van der Waals surface area (Å²) in [6.45, 7) is 0.583. The van der Waals surface area contributed by atoms with Gasteiger partial charge in [-0.1, -0.05) is 12.1 Å². The lowest BCUT2D eigenvalue weighted by Crippen LogP contribution is -2.34. The third-order valence-electron chi connectivity index (χ3n) is 2.86. The number of rotatable bonds is 8. The molecule has 0 radical (unpaired) electrons. The largest absolute Gasteiger partial charge is 0.383 e. The van der Waals surface area contributed by atoms with Crippen molar-refractivity contribution in [3.05, 3.63) is 29.8 Å². The predicted molar refractivity (Wildman–Crippen MR) is 76.6 cm³/mol. The minimum absolute atomic E-state index is 0.120. The lowest BCUT2D eigenvalue weighted by molar-refractivity contribution is 0.179. The standard InChI is InChI=1S/C14H17N3O3S/c1-20-12-11-17(10-2-8-15)21(18,19)14-5-3-13(4-6-14)7-9-16/h3-6H,2,7,10-12H2,1H3. The van der Waals surface area contributed by atoms with Crippen LogP contribution in [0.15, 0.2) is 29.2 Å². The van der Waals surface area contributed by atoms with Crippen molar-refractivity contribution in [2.75, 3.05) is 26.8 Å². The van der Waals surface area contributed by atoms with Crippen LogP contribution >= 0.6 is 0 Å². The van der Waals surface area contributed by atoms with Crippen molar-refractivity contribution in [1.29, 1.82) is 10.5 Å². The maximum absolute atomic E-state index is 12.5. The van der Waals surface area contributed by atoms with Crippen LogP contribution in [-0.4, -0.2) is 39.5 Å². The molecule has 0 aromatic heterocycles. The molecular weight excluding hydrogens is 290 g/mol. The van der Waals surface area contributed by atoms with E-state index in [4.69, 9.17) is 15.3 Å². The first kappa shape index (κ1) is 17.1. The van der Waals surface area contributed by atoms with E-state index in [1.54, 1.807) is 12.1 Å². The molecule has 1 aromatic carbocycles. The molecule has 1 aromatic rings. The van der Waals surface area contributed by atoms with E-state index < -0.39 is 10.0 Å². The second-order valence-electron chi connectivity index (χ2n) is 4.28. The maximum atomic E-state index is 12.5. The number of hydrogen-bond acceptors (Lipinski definition) is 5. The molecule has 0 bridgehead atoms. The third-order valence-corrected chi connectivity index (χ3v) is 4.77. The van der Waals surface area contributed by atoms with Gasteiger partial charge in [-0.2, -0.15) is 14.8 Å². The summed E-state index contributed by atoms with van der Waals surface area (Å²) in [5.41, 5.74) is 0.761. The van der Waals surface area contributed by atoms with Crippen molar-refractivity contribution in [1.82, 2.24) is 4.31 Å². The van der Waals surface area contributed by atoms with Gasteiger partial charge < -0.3 is 4.74 Å². The number of sulfonamides is 1. The second kappa shape index (κ2) is 8.38. The summed E-state index contributed by atoms with van der Waals surface area (Å²) in [5, 5.41) is 17.2. The Hall–Kier alpha value is -1.93. The van der Waals surface area contributed by atoms with E-state index in [0.717, 1.165) is 5.56 Å². The number of hydrogen-bond donors (Lipinski definition) is 0. The lowest BCUT2D eigenvalue weighted by atomic mass is 10.2. The van der Waals surface area contributed by atoms with Gasteiger partial charge in [-0.05, 0) is 17.7 Å². The molecule has 0 aliphatic carbocycles. The fourth-order valence-electron chi connectivity index (χ4n) is 1.74. The number of methoxy groups -OCH3 is 1. The van der Waals surface area contributed by atoms with Crippen molar-refractivity contribution in [2.24, 2.45) is 0 Å². The van der Waals surface area contributed by atoms with Crippen molar-refractivity contribution in [3.63, 3.8) is 0 Å². The van der Waals surface area contributed by atoms with E-state index in [1.165, 1.54) is 23.5 Å². The van der Waals surface area contributed by atoms with Gasteiger partial charge in [0, 0.05) is 26.6 Å². The van der Waals surface area contributed by atoms with Crippen LogP contribution in [-0.2, 0) is 21.2 Å². The highest BCUT2D eigenvalue weighted by atomic mass is 32.2. The van der Waals surface area contributed by atoms with Crippen molar-refractivity contribution in [2.45, 2.75) is 17.7 Å². The molecule has 0 heterocycles. The van der Waals surface area contributed by atoms with Gasteiger partial charge in [0.1, 0.15) is 0 Å². The molecule has 0 atom stereocenters. The number of benzene rings is 1. The average molecular weight is 307 g/mol. The molecule has 21 heavy (non-hydrogen) atoms. The number of ether oxygens (including phenoxy) is 1. The minimum Gasteiger partial charge on any atom is -0.383 e. The third kappa shape index (κ3) is 4.83. The van der Waals surface area contributed by atoms with Gasteiger partial charge in [0.2, 0.25) is 10.0 Å². The molecule has 0 unspecified atom stereocenters. The zero-order valence-electron chi connectivity index (χ0n) is 11.8. The first-order chi connectivity index (χ1) is 10.1. The second-order valence-corrected chi connectivity index (χ2v) is 6.22. The molecule has 0 amide bonds. The molecule has 1 rings (SSSR count). The monoisotopic (exact) mass is 307 g/mol. The van der Waals surface area contributed by atoms with Crippen LogP contribution in [0.1, 0.15) is 12.0 Å². The Bertz CT molecular complexity index is 627. The summed E-state index contributed by atoms with van der Waals surface area (Å²) in [4.78, 5) is 0.151. The topological polar surface area (TPSA) is 94.2 Å². The van der Waals surface area contributed by atoms with Gasteiger partial charge in [-0.15, -0.1) is 0 Å². The Morgan fingerprint density at radius 3 is 2.33 bits per heavy atom. The molecule has 0 spiro atoms. The van der Waals surface area contributed by atoms with Crippen LogP contribution < -0.4 is 0 Å². The van der Waals surface area contributed by atoms with Gasteiger partial charge in [-0.25, -0.2) is 8.42 Å². The molecule has 6 nitrogen and oxygen atoms in total. The lowest BCUT2D eigenvalue weighted by Gasteiger charge is -2.20. The van der Waals surface area contributed by atoms with Crippen molar-refractivity contribution < 1.29 is 13.2 Å². The van der Waals surface area contributed by atoms with Crippen molar-refractivity contribution >= 4 is 10.0 Å². The van der Waals surface area contributed by atoms with Crippen LogP contribution in [0.25, 0.3) is 0 Å². The van der Waals surface area contributed by atoms with Crippen LogP contribution in [0.2, 0.25) is 0 Å². The molecule has 0 saturated carbocycles. The highest BCUT2D eigenvalue weighted by molar-refractivity contribution is 7.89. The molecule has 0 saturated heterocycles. The van der Waals surface area contributed by atoms with E-state index >= 15 is 0 Å². The Balaban J connectivity index is 2.98. The fraction of sp³-hybridized carbons (Fsp3) is 0.429. The summed E-state index contributed by atoms with van der Waals surface area (Å²) >= 11 is 0. The predicted octanol–water partition coefficient (Wildman–Crippen LogP) is 1.30. The average Bonchev–Trinajstić information content (AvgIpc) is 2.48. The normalized spacial score (nSPS) is 11.0. The Morgan fingerprint density at radius 1 is 1.14 bits per heavy atom. The molecule has 0 aliphatic rings. The van der Waals surface area contributed by atoms with Crippen molar-refractivity contribution in [3.8, 4) is 12.1 Å². The molecule has 0 fully saturated rings. The summed E-state index contributed by atoms with van der Waals surface area (Å²) in [6.07, 6.45) is 0.359. The van der Waals surface area contributed by atoms with E-state index in [0.29, 0.717) is 0 Å². The van der Waals surface area contributed by atoms with Gasteiger partial charge in [0.15, 0.2) is 0 Å². The van der Waals surface area contributed by atoms with E-state index in [-0.39, 0.29) is 37.4 Å². The number of nitrogens with zero attached hydrogens (tertiary/aromatic N) is 3. The highest BCUT2D eigenvalue weighted by Crippen LogP contribution is 2.17. The van der Waals surface area contributed by atoms with E-state index in [1.807, 2.05) is 12.1 Å². The highest BCUT2D eigenvalue weighted by Gasteiger charge is 2.23. The number of nitriles is 2. The maximum Gasteiger partial charge on any atom is 0.243 e. The molecule has 7 heteroatoms. The summed E-state index contributed by atoms with van der Waals surface area (Å²) in [5.74, 6) is 0. The molecule has 0 aliphatic heterocycles. The van der Waals surface area contributed by atoms with Crippen LogP contribution in [0.4, 0.5) is 0 Å². The zero-order chi connectivity index (χ0) is 15.7. The van der Waals surface area contributed by atoms with Gasteiger partial charge >= 0.3 is 0 Å². The Morgan fingerprint density at radius 2 is 1.81 bits per heavy atom. The Labute approximate surface area is 125 Å². The van der Waals surface area contributed by atoms with Crippen LogP contribution in [0, 0.1) is 22.7 Å². The zero-order valence-corrected chi connectivity index (χ0v) is 12.6. The smallest absolute Gasteiger partial charge is 0.243 e. The summed E-state index contributed by atoms with van der Waals surface area (Å²) in [7, 11) is -2.17. The fourth-order valence-corrected chi connectivity index (χ4v) is 3.16. The molecule has 0 N–H and O–H groups in total. The summed E-state index contributed by atoms with van der Waals surface area (Å²) in [6, 6.07) is 10.1. The van der Waals surface area contributed by atoms with Crippen LogP contribution in [0.5, 0.6) is 0 Å². The minimum atomic E-state index is -3.66. The SMILES string of the molecule is COCCN(CCC#N)S(=O)(=O)c1ccc(CC#N)cc1. The first-order valence-corrected chi connectivity index (χ1v) is 7.82. The quantitative estimate of drug-likeness (QED) is 0.721. The van der Waals surface area contributed by atoms with Gasteiger partial charge in [0.25, 0.3) is 0 Å². The Kier molecular flexibility index (Phi) is 6.83.